The van der Waals surface area contributed by atoms with Crippen molar-refractivity contribution in [2.75, 3.05) is 5.33 Å². The zero-order valence-corrected chi connectivity index (χ0v) is 10.8. The molecule has 0 aliphatic heterocycles. The summed E-state index contributed by atoms with van der Waals surface area (Å²) in [5.41, 5.74) is 1.60. The third-order valence-corrected chi connectivity index (χ3v) is 3.06. The van der Waals surface area contributed by atoms with Gasteiger partial charge in [-0.05, 0) is 17.9 Å². The van der Waals surface area contributed by atoms with Crippen LogP contribution < -0.4 is 0 Å². The van der Waals surface area contributed by atoms with Crippen molar-refractivity contribution in [3.8, 4) is 0 Å². The van der Waals surface area contributed by atoms with Gasteiger partial charge in [0, 0.05) is 10.7 Å². The van der Waals surface area contributed by atoms with E-state index in [1.54, 1.807) is 0 Å². The van der Waals surface area contributed by atoms with Crippen LogP contribution >= 0.6 is 15.9 Å². The Kier molecular flexibility index (Phi) is 4.18. The highest BCUT2D eigenvalue weighted by molar-refractivity contribution is 9.09. The summed E-state index contributed by atoms with van der Waals surface area (Å²) in [4.78, 5) is 0. The van der Waals surface area contributed by atoms with Crippen molar-refractivity contribution in [1.82, 2.24) is 0 Å². The van der Waals surface area contributed by atoms with Gasteiger partial charge in [0.1, 0.15) is 0 Å². The van der Waals surface area contributed by atoms with Gasteiger partial charge in [-0.3, -0.25) is 0 Å². The van der Waals surface area contributed by atoms with Gasteiger partial charge in [0.2, 0.25) is 0 Å². The quantitative estimate of drug-likeness (QED) is 0.652. The van der Waals surface area contributed by atoms with Gasteiger partial charge in [0.15, 0.2) is 0 Å². The Labute approximate surface area is 95.9 Å². The molecule has 0 N–H and O–H groups in total. The maximum atomic E-state index is 3.52. The lowest BCUT2D eigenvalue weighted by atomic mass is 9.81. The van der Waals surface area contributed by atoms with Gasteiger partial charge in [0.25, 0.3) is 0 Å². The fourth-order valence-electron chi connectivity index (χ4n) is 2.06. The summed E-state index contributed by atoms with van der Waals surface area (Å²) in [6.45, 7) is 6.86. The highest BCUT2D eigenvalue weighted by Gasteiger charge is 2.20. The summed E-state index contributed by atoms with van der Waals surface area (Å²) in [6, 6.07) is 0. The van der Waals surface area contributed by atoms with E-state index in [-0.39, 0.29) is 5.41 Å². The second kappa shape index (κ2) is 4.97. The largest absolute Gasteiger partial charge is 0.0876 e. The zero-order chi connectivity index (χ0) is 10.6. The summed E-state index contributed by atoms with van der Waals surface area (Å²) in [7, 11) is 0. The molecule has 0 saturated heterocycles. The summed E-state index contributed by atoms with van der Waals surface area (Å²) in [5.74, 6) is 0.732. The Morgan fingerprint density at radius 3 is 2.64 bits per heavy atom. The van der Waals surface area contributed by atoms with Gasteiger partial charge in [-0.1, -0.05) is 67.1 Å². The maximum Gasteiger partial charge on any atom is 0.0280 e. The van der Waals surface area contributed by atoms with Crippen molar-refractivity contribution in [2.45, 2.75) is 27.2 Å². The van der Waals surface area contributed by atoms with Gasteiger partial charge in [0.05, 0.1) is 0 Å². The predicted octanol–water partition coefficient (Wildman–Crippen LogP) is 4.49. The minimum atomic E-state index is 0.223. The molecule has 0 spiro atoms. The van der Waals surface area contributed by atoms with E-state index in [1.807, 2.05) is 0 Å². The van der Waals surface area contributed by atoms with Gasteiger partial charge in [-0.2, -0.15) is 0 Å². The van der Waals surface area contributed by atoms with Gasteiger partial charge < -0.3 is 0 Å². The van der Waals surface area contributed by atoms with E-state index in [0.717, 1.165) is 11.2 Å². The first kappa shape index (κ1) is 11.8. The van der Waals surface area contributed by atoms with Crippen molar-refractivity contribution < 1.29 is 0 Å². The average Bonchev–Trinajstić information content (AvgIpc) is 2.25. The zero-order valence-electron chi connectivity index (χ0n) is 9.26. The van der Waals surface area contributed by atoms with E-state index in [2.05, 4.69) is 67.1 Å². The third kappa shape index (κ3) is 3.45. The lowest BCUT2D eigenvalue weighted by Crippen LogP contribution is -2.13. The molecule has 0 aromatic carbocycles. The number of alkyl halides is 1. The third-order valence-electron chi connectivity index (χ3n) is 2.42. The molecule has 1 aliphatic carbocycles. The fourth-order valence-corrected chi connectivity index (χ4v) is 2.41. The van der Waals surface area contributed by atoms with Crippen LogP contribution in [-0.4, -0.2) is 5.33 Å². The predicted molar refractivity (Wildman–Crippen MR) is 67.7 cm³/mol. The van der Waals surface area contributed by atoms with Crippen LogP contribution in [0.15, 0.2) is 36.0 Å². The second-order valence-electron chi connectivity index (χ2n) is 4.67. The standard InChI is InChI=1S/C13H19Br/c1-11(2)8-13(3)7-5-4-6-12(9-13)10-14/h4-7,9,11H,8,10H2,1-3H3. The summed E-state index contributed by atoms with van der Waals surface area (Å²) in [5, 5.41) is 0.943. The molecule has 0 heterocycles. The summed E-state index contributed by atoms with van der Waals surface area (Å²) >= 11 is 3.52. The molecule has 1 atom stereocenters. The first-order valence-electron chi connectivity index (χ1n) is 5.19. The monoisotopic (exact) mass is 254 g/mol. The summed E-state index contributed by atoms with van der Waals surface area (Å²) in [6.07, 6.45) is 12.4. The van der Waals surface area contributed by atoms with Crippen molar-refractivity contribution in [3.63, 3.8) is 0 Å². The first-order valence-corrected chi connectivity index (χ1v) is 6.31. The Hall–Kier alpha value is -0.300. The topological polar surface area (TPSA) is 0 Å². The highest BCUT2D eigenvalue weighted by atomic mass is 79.9. The van der Waals surface area contributed by atoms with Crippen LogP contribution in [0.25, 0.3) is 0 Å². The fraction of sp³-hybridized carbons (Fsp3) is 0.538. The molecule has 0 amide bonds. The Morgan fingerprint density at radius 1 is 1.36 bits per heavy atom. The van der Waals surface area contributed by atoms with Crippen molar-refractivity contribution in [1.29, 1.82) is 0 Å². The number of hydrogen-bond acceptors (Lipinski definition) is 0. The molecule has 78 valence electrons. The summed E-state index contributed by atoms with van der Waals surface area (Å²) < 4.78 is 0. The molecule has 1 aliphatic rings. The molecule has 0 saturated carbocycles. The Bertz CT molecular complexity index is 271. The van der Waals surface area contributed by atoms with Crippen LogP contribution in [0.2, 0.25) is 0 Å². The minimum Gasteiger partial charge on any atom is -0.0876 e. The molecular weight excluding hydrogens is 236 g/mol. The van der Waals surface area contributed by atoms with Crippen molar-refractivity contribution >= 4 is 15.9 Å². The number of hydrogen-bond donors (Lipinski definition) is 0. The van der Waals surface area contributed by atoms with E-state index in [1.165, 1.54) is 12.0 Å². The number of allylic oxidation sites excluding steroid dienone is 6. The molecular formula is C13H19Br. The van der Waals surface area contributed by atoms with Crippen LogP contribution in [0.5, 0.6) is 0 Å². The van der Waals surface area contributed by atoms with E-state index in [9.17, 15) is 0 Å². The van der Waals surface area contributed by atoms with Crippen LogP contribution in [-0.2, 0) is 0 Å². The molecule has 0 aromatic heterocycles. The lowest BCUT2D eigenvalue weighted by Gasteiger charge is -2.24. The van der Waals surface area contributed by atoms with E-state index in [0.29, 0.717) is 0 Å². The molecule has 0 radical (unpaired) electrons. The van der Waals surface area contributed by atoms with E-state index >= 15 is 0 Å². The number of halogens is 1. The molecule has 14 heavy (non-hydrogen) atoms. The molecule has 0 nitrogen and oxygen atoms in total. The SMILES string of the molecule is CC(C)CC1(C)C=CC=CC(CBr)=C1. The van der Waals surface area contributed by atoms with Crippen LogP contribution in [0.3, 0.4) is 0 Å². The normalized spacial score (nSPS) is 26.5. The highest BCUT2D eigenvalue weighted by Crippen LogP contribution is 2.32. The first-order chi connectivity index (χ1) is 6.56. The van der Waals surface area contributed by atoms with Crippen molar-refractivity contribution in [2.24, 2.45) is 11.3 Å². The lowest BCUT2D eigenvalue weighted by molar-refractivity contribution is 0.409. The minimum absolute atomic E-state index is 0.223. The molecule has 0 bridgehead atoms. The molecule has 1 heteroatoms. The van der Waals surface area contributed by atoms with E-state index < -0.39 is 0 Å². The van der Waals surface area contributed by atoms with Crippen LogP contribution in [0.4, 0.5) is 0 Å². The maximum absolute atomic E-state index is 3.52. The average molecular weight is 255 g/mol. The Morgan fingerprint density at radius 2 is 2.07 bits per heavy atom. The van der Waals surface area contributed by atoms with E-state index in [4.69, 9.17) is 0 Å². The van der Waals surface area contributed by atoms with Crippen molar-refractivity contribution in [3.05, 3.63) is 36.0 Å². The van der Waals surface area contributed by atoms with Gasteiger partial charge in [-0.15, -0.1) is 0 Å². The Balaban J connectivity index is 2.86. The number of rotatable bonds is 3. The molecule has 1 rings (SSSR count). The molecule has 0 aromatic rings. The molecule has 1 unspecified atom stereocenters. The van der Waals surface area contributed by atoms with Crippen LogP contribution in [0.1, 0.15) is 27.2 Å². The van der Waals surface area contributed by atoms with Gasteiger partial charge >= 0.3 is 0 Å². The van der Waals surface area contributed by atoms with Crippen LogP contribution in [0, 0.1) is 11.3 Å². The smallest absolute Gasteiger partial charge is 0.0280 e. The van der Waals surface area contributed by atoms with Gasteiger partial charge in [-0.25, -0.2) is 0 Å². The second-order valence-corrected chi connectivity index (χ2v) is 5.24. The molecule has 0 fully saturated rings.